The van der Waals surface area contributed by atoms with E-state index in [2.05, 4.69) is 9.82 Å². The molecule has 1 heterocycles. The van der Waals surface area contributed by atoms with Gasteiger partial charge in [-0.1, -0.05) is 29.8 Å². The zero-order valence-corrected chi connectivity index (χ0v) is 10.6. The number of hydrogen-bond acceptors (Lipinski definition) is 3. The van der Waals surface area contributed by atoms with E-state index in [1.165, 1.54) is 6.07 Å². The van der Waals surface area contributed by atoms with Crippen LogP contribution in [-0.4, -0.2) is 23.7 Å². The van der Waals surface area contributed by atoms with Crippen LogP contribution in [0.1, 0.15) is 10.4 Å². The van der Waals surface area contributed by atoms with Crippen molar-refractivity contribution in [3.8, 4) is 0 Å². The van der Waals surface area contributed by atoms with Crippen LogP contribution in [0.3, 0.4) is 0 Å². The summed E-state index contributed by atoms with van der Waals surface area (Å²) in [5.41, 5.74) is 2.27. The Kier molecular flexibility index (Phi) is 4.10. The van der Waals surface area contributed by atoms with Crippen molar-refractivity contribution in [2.75, 3.05) is 6.61 Å². The van der Waals surface area contributed by atoms with Gasteiger partial charge in [-0.3, -0.25) is 9.63 Å². The zero-order valence-electron chi connectivity index (χ0n) is 9.87. The second-order valence-corrected chi connectivity index (χ2v) is 4.23. The Bertz CT molecular complexity index is 646. The number of rotatable bonds is 3. The van der Waals surface area contributed by atoms with Crippen molar-refractivity contribution in [2.24, 2.45) is 0 Å². The van der Waals surface area contributed by atoms with E-state index in [9.17, 15) is 18.0 Å². The van der Waals surface area contributed by atoms with Gasteiger partial charge in [0.25, 0.3) is 5.91 Å². The number of hydrogen-bond donors (Lipinski definition) is 1. The maximum absolute atomic E-state index is 11.9. The third kappa shape index (κ3) is 3.58. The third-order valence-corrected chi connectivity index (χ3v) is 2.52. The maximum Gasteiger partial charge on any atom is 0.414 e. The smallest absolute Gasteiger partial charge is 0.267 e. The highest BCUT2D eigenvalue weighted by Gasteiger charge is 2.28. The average Bonchev–Trinajstić information content (AvgIpc) is 2.36. The number of carbonyl (C=O) groups excluding carboxylic acids is 1. The van der Waals surface area contributed by atoms with Gasteiger partial charge in [0.05, 0.1) is 11.1 Å². The first-order valence-corrected chi connectivity index (χ1v) is 5.79. The molecule has 1 N–H and O–H groups in total. The summed E-state index contributed by atoms with van der Waals surface area (Å²) in [6.45, 7) is -1.57. The lowest BCUT2D eigenvalue weighted by Gasteiger charge is -2.10. The maximum atomic E-state index is 11.9. The summed E-state index contributed by atoms with van der Waals surface area (Å²) in [7, 11) is 0. The number of para-hydroxylation sites is 1. The van der Waals surface area contributed by atoms with Crippen LogP contribution < -0.4 is 5.48 Å². The number of nitrogens with one attached hydrogen (secondary N) is 1. The lowest BCUT2D eigenvalue weighted by molar-refractivity contribution is -0.184. The number of alkyl halides is 3. The highest BCUT2D eigenvalue weighted by Crippen LogP contribution is 2.21. The summed E-state index contributed by atoms with van der Waals surface area (Å²) >= 11 is 5.76. The fraction of sp³-hybridized carbons (Fsp3) is 0.167. The summed E-state index contributed by atoms with van der Waals surface area (Å²) in [4.78, 5) is 19.9. The molecule has 20 heavy (non-hydrogen) atoms. The van der Waals surface area contributed by atoms with E-state index in [0.717, 1.165) is 0 Å². The van der Waals surface area contributed by atoms with Gasteiger partial charge >= 0.3 is 6.18 Å². The average molecular weight is 305 g/mol. The molecule has 0 aliphatic rings. The van der Waals surface area contributed by atoms with Crippen LogP contribution in [0.15, 0.2) is 30.3 Å². The van der Waals surface area contributed by atoms with Crippen molar-refractivity contribution in [2.45, 2.75) is 6.18 Å². The van der Waals surface area contributed by atoms with Crippen molar-refractivity contribution in [1.29, 1.82) is 0 Å². The molecule has 0 unspecified atom stereocenters. The van der Waals surface area contributed by atoms with Crippen LogP contribution >= 0.6 is 11.6 Å². The van der Waals surface area contributed by atoms with Crippen molar-refractivity contribution >= 4 is 28.4 Å². The molecule has 1 aromatic heterocycles. The molecular weight excluding hydrogens is 297 g/mol. The number of carbonyl (C=O) groups is 1. The van der Waals surface area contributed by atoms with Crippen LogP contribution in [-0.2, 0) is 4.84 Å². The Labute approximate surface area is 116 Å². The van der Waals surface area contributed by atoms with E-state index in [0.29, 0.717) is 10.9 Å². The predicted molar refractivity (Wildman–Crippen MR) is 66.2 cm³/mol. The molecule has 0 radical (unpaired) electrons. The first-order valence-electron chi connectivity index (χ1n) is 5.41. The van der Waals surface area contributed by atoms with Crippen LogP contribution in [0.5, 0.6) is 0 Å². The Morgan fingerprint density at radius 1 is 1.35 bits per heavy atom. The summed E-state index contributed by atoms with van der Waals surface area (Å²) < 4.78 is 35.8. The van der Waals surface area contributed by atoms with Gasteiger partial charge in [0.1, 0.15) is 5.15 Å². The number of halogens is 4. The first-order chi connectivity index (χ1) is 9.37. The second kappa shape index (κ2) is 5.64. The normalized spacial score (nSPS) is 11.6. The minimum absolute atomic E-state index is 0.0599. The number of pyridine rings is 1. The fourth-order valence-electron chi connectivity index (χ4n) is 1.57. The number of amides is 1. The van der Waals surface area contributed by atoms with E-state index in [1.807, 2.05) is 0 Å². The fourth-order valence-corrected chi connectivity index (χ4v) is 1.77. The molecule has 106 valence electrons. The molecule has 0 fully saturated rings. The van der Waals surface area contributed by atoms with E-state index in [-0.39, 0.29) is 10.7 Å². The van der Waals surface area contributed by atoms with E-state index in [1.54, 1.807) is 29.7 Å². The van der Waals surface area contributed by atoms with Crippen molar-refractivity contribution < 1.29 is 22.8 Å². The Hall–Kier alpha value is -1.86. The van der Waals surface area contributed by atoms with E-state index < -0.39 is 18.7 Å². The van der Waals surface area contributed by atoms with Gasteiger partial charge in [0.2, 0.25) is 0 Å². The molecule has 0 saturated carbocycles. The third-order valence-electron chi connectivity index (χ3n) is 2.33. The van der Waals surface area contributed by atoms with E-state index in [4.69, 9.17) is 11.6 Å². The zero-order chi connectivity index (χ0) is 14.8. The Morgan fingerprint density at radius 2 is 2.05 bits per heavy atom. The first kappa shape index (κ1) is 14.5. The number of aromatic nitrogens is 1. The van der Waals surface area contributed by atoms with Crippen LogP contribution in [0, 0.1) is 0 Å². The molecule has 0 aliphatic carbocycles. The van der Waals surface area contributed by atoms with E-state index >= 15 is 0 Å². The molecule has 0 atom stereocenters. The van der Waals surface area contributed by atoms with Gasteiger partial charge in [-0.25, -0.2) is 10.5 Å². The minimum Gasteiger partial charge on any atom is -0.267 e. The van der Waals surface area contributed by atoms with Crippen LogP contribution in [0.25, 0.3) is 10.9 Å². The number of nitrogens with zero attached hydrogens (tertiary/aromatic N) is 1. The van der Waals surface area contributed by atoms with Gasteiger partial charge in [-0.2, -0.15) is 13.2 Å². The highest BCUT2D eigenvalue weighted by molar-refractivity contribution is 6.30. The minimum atomic E-state index is -4.52. The standard InChI is InChI=1S/C12H8ClF3N2O2/c13-10-5-8(7-3-1-2-4-9(7)17-10)11(19)18-20-6-12(14,15)16/h1-5H,6H2,(H,18,19). The molecule has 1 aromatic carbocycles. The number of benzene rings is 1. The summed E-state index contributed by atoms with van der Waals surface area (Å²) in [5, 5.41) is 0.523. The van der Waals surface area contributed by atoms with Crippen LogP contribution in [0.2, 0.25) is 5.15 Å². The molecule has 8 heteroatoms. The lowest BCUT2D eigenvalue weighted by Crippen LogP contribution is -2.29. The van der Waals surface area contributed by atoms with Gasteiger partial charge < -0.3 is 0 Å². The highest BCUT2D eigenvalue weighted by atomic mass is 35.5. The monoisotopic (exact) mass is 304 g/mol. The van der Waals surface area contributed by atoms with Crippen molar-refractivity contribution in [3.63, 3.8) is 0 Å². The largest absolute Gasteiger partial charge is 0.414 e. The molecule has 0 aliphatic heterocycles. The van der Waals surface area contributed by atoms with Crippen molar-refractivity contribution in [1.82, 2.24) is 10.5 Å². The topological polar surface area (TPSA) is 51.2 Å². The molecule has 0 bridgehead atoms. The second-order valence-electron chi connectivity index (χ2n) is 3.84. The Balaban J connectivity index is 2.22. The lowest BCUT2D eigenvalue weighted by atomic mass is 10.1. The van der Waals surface area contributed by atoms with Gasteiger partial charge in [0.15, 0.2) is 6.61 Å². The number of hydroxylamine groups is 1. The summed E-state index contributed by atoms with van der Waals surface area (Å²) in [6.07, 6.45) is -4.52. The van der Waals surface area contributed by atoms with Gasteiger partial charge in [-0.15, -0.1) is 0 Å². The molecule has 0 spiro atoms. The molecule has 1 amide bonds. The molecule has 2 aromatic rings. The van der Waals surface area contributed by atoms with Gasteiger partial charge in [-0.05, 0) is 12.1 Å². The SMILES string of the molecule is O=C(NOCC(F)(F)F)c1cc(Cl)nc2ccccc12. The molecule has 2 rings (SSSR count). The number of fused-ring (bicyclic) bond motifs is 1. The summed E-state index contributed by atoms with van der Waals surface area (Å²) in [6, 6.07) is 7.88. The summed E-state index contributed by atoms with van der Waals surface area (Å²) in [5.74, 6) is -0.824. The Morgan fingerprint density at radius 3 is 2.75 bits per heavy atom. The quantitative estimate of drug-likeness (QED) is 0.700. The van der Waals surface area contributed by atoms with Crippen molar-refractivity contribution in [3.05, 3.63) is 41.0 Å². The molecule has 0 saturated heterocycles. The molecule has 4 nitrogen and oxygen atoms in total. The molecular formula is C12H8ClF3N2O2. The predicted octanol–water partition coefficient (Wildman–Crippen LogP) is 3.11. The van der Waals surface area contributed by atoms with Gasteiger partial charge in [0, 0.05) is 5.39 Å². The van der Waals surface area contributed by atoms with Crippen LogP contribution in [0.4, 0.5) is 13.2 Å².